The summed E-state index contributed by atoms with van der Waals surface area (Å²) in [6, 6.07) is 50.6. The van der Waals surface area contributed by atoms with E-state index in [1.165, 1.54) is 64.7 Å². The van der Waals surface area contributed by atoms with Gasteiger partial charge < -0.3 is 5.32 Å². The van der Waals surface area contributed by atoms with Crippen molar-refractivity contribution in [3.63, 3.8) is 0 Å². The fourth-order valence-corrected chi connectivity index (χ4v) is 7.45. The normalized spacial score (nSPS) is 12.7. The number of benzene rings is 6. The predicted molar refractivity (Wildman–Crippen MR) is 183 cm³/mol. The molecular formula is C40H29NS. The van der Waals surface area contributed by atoms with E-state index in [9.17, 15) is 0 Å². The zero-order valence-electron chi connectivity index (χ0n) is 23.2. The largest absolute Gasteiger partial charge is 0.355 e. The fraction of sp³-hybridized carbons (Fsp3) is 0.0500. The van der Waals surface area contributed by atoms with Gasteiger partial charge in [0.25, 0.3) is 0 Å². The molecule has 6 aromatic carbocycles. The van der Waals surface area contributed by atoms with Gasteiger partial charge in [-0.2, -0.15) is 0 Å². The highest BCUT2D eigenvalue weighted by molar-refractivity contribution is 7.26. The molecular weight excluding hydrogens is 527 g/mol. The topological polar surface area (TPSA) is 12.0 Å². The van der Waals surface area contributed by atoms with Crippen molar-refractivity contribution in [3.05, 3.63) is 156 Å². The summed E-state index contributed by atoms with van der Waals surface area (Å²) in [7, 11) is 0. The van der Waals surface area contributed by atoms with Gasteiger partial charge in [0.05, 0.1) is 0 Å². The zero-order valence-corrected chi connectivity index (χ0v) is 24.0. The molecule has 1 aliphatic carbocycles. The highest BCUT2D eigenvalue weighted by Gasteiger charge is 2.14. The van der Waals surface area contributed by atoms with E-state index in [2.05, 4.69) is 151 Å². The van der Waals surface area contributed by atoms with E-state index in [0.29, 0.717) is 0 Å². The maximum Gasteiger partial charge on any atom is 0.0433 e. The first-order chi connectivity index (χ1) is 20.8. The molecule has 0 saturated heterocycles. The Kier molecular flexibility index (Phi) is 6.20. The van der Waals surface area contributed by atoms with E-state index in [-0.39, 0.29) is 0 Å². The third-order valence-corrected chi connectivity index (χ3v) is 9.57. The number of fused-ring (bicyclic) bond motifs is 4. The molecule has 42 heavy (non-hydrogen) atoms. The Morgan fingerprint density at radius 2 is 1.26 bits per heavy atom. The molecule has 7 aromatic rings. The summed E-state index contributed by atoms with van der Waals surface area (Å²) < 4.78 is 2.69. The van der Waals surface area contributed by atoms with Crippen molar-refractivity contribution in [3.8, 4) is 22.3 Å². The van der Waals surface area contributed by atoms with Crippen LogP contribution in [0.25, 0.3) is 54.1 Å². The molecule has 0 spiro atoms. The summed E-state index contributed by atoms with van der Waals surface area (Å²) in [5, 5.41) is 6.40. The van der Waals surface area contributed by atoms with Crippen LogP contribution in [0.4, 0.5) is 11.4 Å². The molecule has 1 N–H and O–H groups in total. The number of anilines is 2. The maximum absolute atomic E-state index is 3.73. The Balaban J connectivity index is 1.15. The van der Waals surface area contributed by atoms with E-state index < -0.39 is 0 Å². The van der Waals surface area contributed by atoms with Gasteiger partial charge in [0.15, 0.2) is 0 Å². The summed E-state index contributed by atoms with van der Waals surface area (Å²) in [5.41, 5.74) is 12.6. The Labute approximate surface area is 250 Å². The molecule has 0 fully saturated rings. The highest BCUT2D eigenvalue weighted by atomic mass is 32.1. The number of rotatable bonds is 5. The van der Waals surface area contributed by atoms with Crippen molar-refractivity contribution >= 4 is 54.5 Å². The number of aryl methyl sites for hydroxylation is 1. The molecule has 0 unspecified atom stereocenters. The molecule has 0 amide bonds. The molecule has 200 valence electrons. The summed E-state index contributed by atoms with van der Waals surface area (Å²) >= 11 is 1.88. The van der Waals surface area contributed by atoms with Crippen LogP contribution in [-0.2, 0) is 6.42 Å². The third kappa shape index (κ3) is 4.60. The van der Waals surface area contributed by atoms with Gasteiger partial charge in [-0.15, -0.1) is 11.3 Å². The molecule has 8 rings (SSSR count). The lowest BCUT2D eigenvalue weighted by molar-refractivity contribution is 1.00. The van der Waals surface area contributed by atoms with Crippen LogP contribution in [0.15, 0.2) is 140 Å². The zero-order chi connectivity index (χ0) is 27.9. The molecule has 1 aliphatic rings. The van der Waals surface area contributed by atoms with Crippen molar-refractivity contribution in [1.29, 1.82) is 0 Å². The second kappa shape index (κ2) is 10.5. The van der Waals surface area contributed by atoms with Gasteiger partial charge in [0, 0.05) is 31.5 Å². The first kappa shape index (κ1) is 24.8. The van der Waals surface area contributed by atoms with Crippen LogP contribution in [0, 0.1) is 0 Å². The summed E-state index contributed by atoms with van der Waals surface area (Å²) in [5.74, 6) is 0. The standard InChI is InChI=1S/C40H29NS/c1-2-9-27(10-3-1)32-24-33(31-18-17-28-11-4-5-12-30(28)23-31)26-35(25-32)41-34-21-19-29(20-22-34)36-14-8-15-38-37-13-6-7-16-39(37)42-40(36)38/h1-16,19-26,41H,17-18H2. The van der Waals surface area contributed by atoms with Gasteiger partial charge in [-0.25, -0.2) is 0 Å². The predicted octanol–water partition coefficient (Wildman–Crippen LogP) is 11.6. The summed E-state index contributed by atoms with van der Waals surface area (Å²) in [6.07, 6.45) is 4.50. The molecule has 1 nitrogen and oxygen atoms in total. The minimum atomic E-state index is 1.05. The molecule has 2 heteroatoms. The van der Waals surface area contributed by atoms with Crippen molar-refractivity contribution in [1.82, 2.24) is 0 Å². The van der Waals surface area contributed by atoms with Crippen LogP contribution in [-0.4, -0.2) is 0 Å². The number of thiophene rings is 1. The summed E-state index contributed by atoms with van der Waals surface area (Å²) in [4.78, 5) is 0. The smallest absolute Gasteiger partial charge is 0.0433 e. The second-order valence-corrected chi connectivity index (χ2v) is 12.1. The van der Waals surface area contributed by atoms with Gasteiger partial charge >= 0.3 is 0 Å². The average molecular weight is 556 g/mol. The monoisotopic (exact) mass is 555 g/mol. The molecule has 0 atom stereocenters. The van der Waals surface area contributed by atoms with Crippen LogP contribution < -0.4 is 5.32 Å². The minimum absolute atomic E-state index is 1.05. The van der Waals surface area contributed by atoms with E-state index >= 15 is 0 Å². The molecule has 0 aliphatic heterocycles. The second-order valence-electron chi connectivity index (χ2n) is 11.0. The third-order valence-electron chi connectivity index (χ3n) is 8.35. The summed E-state index contributed by atoms with van der Waals surface area (Å²) in [6.45, 7) is 0. The molecule has 1 aromatic heterocycles. The Morgan fingerprint density at radius 1 is 0.500 bits per heavy atom. The first-order valence-electron chi connectivity index (χ1n) is 14.6. The van der Waals surface area contributed by atoms with Crippen molar-refractivity contribution in [2.75, 3.05) is 5.32 Å². The van der Waals surface area contributed by atoms with E-state index in [4.69, 9.17) is 0 Å². The lowest BCUT2D eigenvalue weighted by Gasteiger charge is -2.19. The first-order valence-corrected chi connectivity index (χ1v) is 15.4. The average Bonchev–Trinajstić information content (AvgIpc) is 3.44. The SMILES string of the molecule is C1=C(c2cc(Nc3ccc(-c4cccc5c4sc4ccccc45)cc3)cc(-c3ccccc3)c2)CCc2ccccc21. The lowest BCUT2D eigenvalue weighted by Crippen LogP contribution is -2.00. The number of nitrogens with one attached hydrogen (secondary N) is 1. The van der Waals surface area contributed by atoms with Crippen LogP contribution in [0.3, 0.4) is 0 Å². The van der Waals surface area contributed by atoms with Gasteiger partial charge in [-0.3, -0.25) is 0 Å². The van der Waals surface area contributed by atoms with Gasteiger partial charge in [-0.05, 0) is 93.8 Å². The quantitative estimate of drug-likeness (QED) is 0.223. The molecule has 0 saturated carbocycles. The van der Waals surface area contributed by atoms with Gasteiger partial charge in [0.1, 0.15) is 0 Å². The number of hydrogen-bond acceptors (Lipinski definition) is 2. The van der Waals surface area contributed by atoms with E-state index in [1.54, 1.807) is 0 Å². The van der Waals surface area contributed by atoms with Crippen LogP contribution in [0.2, 0.25) is 0 Å². The highest BCUT2D eigenvalue weighted by Crippen LogP contribution is 2.40. The molecule has 0 radical (unpaired) electrons. The molecule has 0 bridgehead atoms. The number of hydrogen-bond donors (Lipinski definition) is 1. The van der Waals surface area contributed by atoms with E-state index in [0.717, 1.165) is 24.2 Å². The van der Waals surface area contributed by atoms with Crippen molar-refractivity contribution < 1.29 is 0 Å². The Morgan fingerprint density at radius 3 is 2.17 bits per heavy atom. The number of allylic oxidation sites excluding steroid dienone is 1. The van der Waals surface area contributed by atoms with E-state index in [1.807, 2.05) is 11.3 Å². The lowest BCUT2D eigenvalue weighted by atomic mass is 9.87. The minimum Gasteiger partial charge on any atom is -0.355 e. The van der Waals surface area contributed by atoms with Crippen LogP contribution in [0.5, 0.6) is 0 Å². The van der Waals surface area contributed by atoms with Crippen LogP contribution in [0.1, 0.15) is 23.1 Å². The Hall–Kier alpha value is -4.92. The maximum atomic E-state index is 3.73. The fourth-order valence-electron chi connectivity index (χ4n) is 6.22. The Bertz CT molecular complexity index is 2100. The van der Waals surface area contributed by atoms with Gasteiger partial charge in [0.2, 0.25) is 0 Å². The van der Waals surface area contributed by atoms with Gasteiger partial charge in [-0.1, -0.05) is 109 Å². The van der Waals surface area contributed by atoms with Crippen LogP contribution >= 0.6 is 11.3 Å². The molecule has 1 heterocycles. The van der Waals surface area contributed by atoms with Crippen molar-refractivity contribution in [2.45, 2.75) is 12.8 Å². The van der Waals surface area contributed by atoms with Crippen molar-refractivity contribution in [2.24, 2.45) is 0 Å².